The summed E-state index contributed by atoms with van der Waals surface area (Å²) in [5, 5.41) is 3.35. The maximum absolute atomic E-state index is 13.3. The summed E-state index contributed by atoms with van der Waals surface area (Å²) in [6.45, 7) is 4.03. The van der Waals surface area contributed by atoms with E-state index in [2.05, 4.69) is 11.4 Å². The number of rotatable bonds is 2. The molecular weight excluding hydrogens is 189 g/mol. The van der Waals surface area contributed by atoms with Crippen LogP contribution in [0.1, 0.15) is 24.0 Å². The highest BCUT2D eigenvalue weighted by Crippen LogP contribution is 2.19. The third kappa shape index (κ3) is 2.78. The molecule has 0 amide bonds. The van der Waals surface area contributed by atoms with Gasteiger partial charge in [-0.2, -0.15) is 0 Å². The second kappa shape index (κ2) is 4.75. The second-order valence-corrected chi connectivity index (χ2v) is 4.48. The summed E-state index contributed by atoms with van der Waals surface area (Å²) < 4.78 is 13.3. The van der Waals surface area contributed by atoms with Gasteiger partial charge in [-0.1, -0.05) is 12.1 Å². The van der Waals surface area contributed by atoms with E-state index in [1.54, 1.807) is 6.07 Å². The Morgan fingerprint density at radius 3 is 2.73 bits per heavy atom. The van der Waals surface area contributed by atoms with Crippen LogP contribution in [0.5, 0.6) is 0 Å². The van der Waals surface area contributed by atoms with Crippen LogP contribution in [-0.2, 0) is 6.42 Å². The molecule has 1 aliphatic heterocycles. The summed E-state index contributed by atoms with van der Waals surface area (Å²) in [4.78, 5) is 0. The van der Waals surface area contributed by atoms with Gasteiger partial charge in [-0.05, 0) is 62.4 Å². The number of hydrogen-bond acceptors (Lipinski definition) is 1. The molecule has 1 nitrogen and oxygen atoms in total. The maximum atomic E-state index is 13.3. The fourth-order valence-electron chi connectivity index (χ4n) is 2.18. The summed E-state index contributed by atoms with van der Waals surface area (Å²) in [5.74, 6) is 0.662. The minimum Gasteiger partial charge on any atom is -0.317 e. The highest BCUT2D eigenvalue weighted by atomic mass is 19.1. The Bertz CT molecular complexity index is 329. The average Bonchev–Trinajstić information content (AvgIpc) is 2.25. The third-order valence-electron chi connectivity index (χ3n) is 3.22. The topological polar surface area (TPSA) is 12.0 Å². The summed E-state index contributed by atoms with van der Waals surface area (Å²) in [6.07, 6.45) is 3.46. The molecule has 1 N–H and O–H groups in total. The van der Waals surface area contributed by atoms with E-state index in [0.29, 0.717) is 0 Å². The fraction of sp³-hybridized carbons (Fsp3) is 0.538. The first-order chi connectivity index (χ1) is 7.25. The Hall–Kier alpha value is -0.890. The van der Waals surface area contributed by atoms with E-state index in [1.807, 2.05) is 13.0 Å². The van der Waals surface area contributed by atoms with Crippen LogP contribution in [-0.4, -0.2) is 13.1 Å². The molecule has 0 radical (unpaired) electrons. The number of piperidine rings is 1. The molecule has 2 rings (SSSR count). The first kappa shape index (κ1) is 10.6. The van der Waals surface area contributed by atoms with Crippen molar-refractivity contribution in [3.63, 3.8) is 0 Å². The molecule has 0 unspecified atom stereocenters. The van der Waals surface area contributed by atoms with Crippen molar-refractivity contribution in [2.75, 3.05) is 13.1 Å². The molecule has 2 heteroatoms. The van der Waals surface area contributed by atoms with Crippen LogP contribution in [0, 0.1) is 18.7 Å². The first-order valence-corrected chi connectivity index (χ1v) is 5.71. The van der Waals surface area contributed by atoms with Gasteiger partial charge in [0.05, 0.1) is 0 Å². The van der Waals surface area contributed by atoms with Crippen molar-refractivity contribution < 1.29 is 4.39 Å². The minimum atomic E-state index is -0.0681. The van der Waals surface area contributed by atoms with E-state index in [4.69, 9.17) is 0 Å². The van der Waals surface area contributed by atoms with Gasteiger partial charge in [0.1, 0.15) is 5.82 Å². The van der Waals surface area contributed by atoms with Crippen molar-refractivity contribution >= 4 is 0 Å². The highest BCUT2D eigenvalue weighted by molar-refractivity contribution is 5.23. The van der Waals surface area contributed by atoms with Crippen LogP contribution in [0.3, 0.4) is 0 Å². The largest absolute Gasteiger partial charge is 0.317 e. The lowest BCUT2D eigenvalue weighted by molar-refractivity contribution is 0.372. The SMILES string of the molecule is Cc1ccc(CC2CCNCC2)cc1F. The lowest BCUT2D eigenvalue weighted by Crippen LogP contribution is -2.28. The van der Waals surface area contributed by atoms with Crippen LogP contribution in [0.15, 0.2) is 18.2 Å². The lowest BCUT2D eigenvalue weighted by atomic mass is 9.91. The Labute approximate surface area is 90.7 Å². The minimum absolute atomic E-state index is 0.0681. The smallest absolute Gasteiger partial charge is 0.126 e. The number of hydrogen-bond donors (Lipinski definition) is 1. The van der Waals surface area contributed by atoms with Crippen molar-refractivity contribution in [2.24, 2.45) is 5.92 Å². The monoisotopic (exact) mass is 207 g/mol. The van der Waals surface area contributed by atoms with E-state index >= 15 is 0 Å². The Balaban J connectivity index is 2.00. The van der Waals surface area contributed by atoms with Gasteiger partial charge in [0.2, 0.25) is 0 Å². The highest BCUT2D eigenvalue weighted by Gasteiger charge is 2.13. The normalized spacial score (nSPS) is 18.0. The number of benzene rings is 1. The van der Waals surface area contributed by atoms with E-state index in [9.17, 15) is 4.39 Å². The van der Waals surface area contributed by atoms with Crippen LogP contribution >= 0.6 is 0 Å². The van der Waals surface area contributed by atoms with Crippen LogP contribution in [0.25, 0.3) is 0 Å². The molecule has 15 heavy (non-hydrogen) atoms. The van der Waals surface area contributed by atoms with Crippen LogP contribution in [0.4, 0.5) is 4.39 Å². The third-order valence-corrected chi connectivity index (χ3v) is 3.22. The van der Waals surface area contributed by atoms with E-state index < -0.39 is 0 Å². The van der Waals surface area contributed by atoms with Crippen molar-refractivity contribution in [1.29, 1.82) is 0 Å². The van der Waals surface area contributed by atoms with E-state index in [1.165, 1.54) is 12.8 Å². The Morgan fingerprint density at radius 1 is 1.33 bits per heavy atom. The average molecular weight is 207 g/mol. The van der Waals surface area contributed by atoms with Crippen molar-refractivity contribution in [2.45, 2.75) is 26.2 Å². The summed E-state index contributed by atoms with van der Waals surface area (Å²) in [6, 6.07) is 5.63. The zero-order valence-corrected chi connectivity index (χ0v) is 9.22. The molecule has 0 bridgehead atoms. The molecule has 0 saturated carbocycles. The molecule has 1 aromatic carbocycles. The molecular formula is C13H18FN. The molecule has 1 heterocycles. The van der Waals surface area contributed by atoms with Crippen molar-refractivity contribution in [3.8, 4) is 0 Å². The molecule has 1 aromatic rings. The molecule has 0 aromatic heterocycles. The molecule has 1 saturated heterocycles. The molecule has 0 aliphatic carbocycles. The second-order valence-electron chi connectivity index (χ2n) is 4.48. The molecule has 0 spiro atoms. The summed E-state index contributed by atoms with van der Waals surface area (Å²) in [5.41, 5.74) is 1.88. The van der Waals surface area contributed by atoms with Crippen molar-refractivity contribution in [1.82, 2.24) is 5.32 Å². The maximum Gasteiger partial charge on any atom is 0.126 e. The van der Waals surface area contributed by atoms with Crippen LogP contribution in [0.2, 0.25) is 0 Å². The van der Waals surface area contributed by atoms with E-state index in [0.717, 1.165) is 36.6 Å². The zero-order chi connectivity index (χ0) is 10.7. The van der Waals surface area contributed by atoms with Gasteiger partial charge in [-0.15, -0.1) is 0 Å². The zero-order valence-electron chi connectivity index (χ0n) is 9.22. The van der Waals surface area contributed by atoms with Gasteiger partial charge in [-0.3, -0.25) is 0 Å². The standard InChI is InChI=1S/C13H18FN/c1-10-2-3-12(9-13(10)14)8-11-4-6-15-7-5-11/h2-3,9,11,15H,4-8H2,1H3. The number of aryl methyl sites for hydroxylation is 1. The predicted octanol–water partition coefficient (Wildman–Crippen LogP) is 2.68. The molecule has 0 atom stereocenters. The van der Waals surface area contributed by atoms with Gasteiger partial charge in [0.15, 0.2) is 0 Å². The van der Waals surface area contributed by atoms with Gasteiger partial charge < -0.3 is 5.32 Å². The Morgan fingerprint density at radius 2 is 2.07 bits per heavy atom. The fourth-order valence-corrected chi connectivity index (χ4v) is 2.18. The summed E-state index contributed by atoms with van der Waals surface area (Å²) >= 11 is 0. The molecule has 82 valence electrons. The van der Waals surface area contributed by atoms with E-state index in [-0.39, 0.29) is 5.82 Å². The predicted molar refractivity (Wildman–Crippen MR) is 60.4 cm³/mol. The quantitative estimate of drug-likeness (QED) is 0.786. The number of halogens is 1. The lowest BCUT2D eigenvalue weighted by Gasteiger charge is -2.22. The summed E-state index contributed by atoms with van der Waals surface area (Å²) in [7, 11) is 0. The first-order valence-electron chi connectivity index (χ1n) is 5.71. The molecule has 1 aliphatic rings. The van der Waals surface area contributed by atoms with Gasteiger partial charge in [0, 0.05) is 0 Å². The van der Waals surface area contributed by atoms with Gasteiger partial charge in [0.25, 0.3) is 0 Å². The Kier molecular flexibility index (Phi) is 3.37. The van der Waals surface area contributed by atoms with Gasteiger partial charge >= 0.3 is 0 Å². The number of nitrogens with one attached hydrogen (secondary N) is 1. The van der Waals surface area contributed by atoms with Crippen molar-refractivity contribution in [3.05, 3.63) is 35.1 Å². The van der Waals surface area contributed by atoms with Gasteiger partial charge in [-0.25, -0.2) is 4.39 Å². The molecule has 1 fully saturated rings. The van der Waals surface area contributed by atoms with Crippen LogP contribution < -0.4 is 5.32 Å².